The number of hydrogen-bond donors (Lipinski definition) is 1. The number of amides is 2. The molecule has 2 rings (SSSR count). The van der Waals surface area contributed by atoms with Crippen molar-refractivity contribution >= 4 is 11.8 Å². The summed E-state index contributed by atoms with van der Waals surface area (Å²) >= 11 is 0. The monoisotopic (exact) mass is 408 g/mol. The lowest BCUT2D eigenvalue weighted by Crippen LogP contribution is -2.49. The number of benzene rings is 2. The molecule has 4 nitrogen and oxygen atoms in total. The van der Waals surface area contributed by atoms with Gasteiger partial charge in [0.05, 0.1) is 6.42 Å². The number of carbonyl (C=O) groups is 2. The van der Waals surface area contributed by atoms with Gasteiger partial charge in [-0.3, -0.25) is 9.59 Å². The normalized spacial score (nSPS) is 11.8. The van der Waals surface area contributed by atoms with Crippen LogP contribution < -0.4 is 5.32 Å². The summed E-state index contributed by atoms with van der Waals surface area (Å²) in [5, 5.41) is 3.02. The van der Waals surface area contributed by atoms with E-state index in [9.17, 15) is 9.59 Å². The zero-order chi connectivity index (χ0) is 22.1. The third kappa shape index (κ3) is 6.72. The van der Waals surface area contributed by atoms with E-state index in [1.54, 1.807) is 4.90 Å². The average molecular weight is 409 g/mol. The predicted octanol–water partition coefficient (Wildman–Crippen LogP) is 4.88. The fourth-order valence-corrected chi connectivity index (χ4v) is 3.84. The van der Waals surface area contributed by atoms with Crippen molar-refractivity contribution in [2.24, 2.45) is 0 Å². The summed E-state index contributed by atoms with van der Waals surface area (Å²) in [6.07, 6.45) is 2.85. The van der Waals surface area contributed by atoms with E-state index in [1.165, 1.54) is 0 Å². The first-order valence-electron chi connectivity index (χ1n) is 11.0. The van der Waals surface area contributed by atoms with Crippen molar-refractivity contribution in [3.8, 4) is 0 Å². The average Bonchev–Trinajstić information content (AvgIpc) is 2.68. The van der Waals surface area contributed by atoms with Crippen molar-refractivity contribution in [2.45, 2.75) is 72.9 Å². The number of hydrogen-bond acceptors (Lipinski definition) is 2. The van der Waals surface area contributed by atoms with E-state index in [1.807, 2.05) is 52.0 Å². The van der Waals surface area contributed by atoms with Crippen LogP contribution in [0.3, 0.4) is 0 Å². The van der Waals surface area contributed by atoms with Gasteiger partial charge < -0.3 is 10.2 Å². The highest BCUT2D eigenvalue weighted by Crippen LogP contribution is 2.18. The molecule has 0 bridgehead atoms. The van der Waals surface area contributed by atoms with E-state index >= 15 is 0 Å². The van der Waals surface area contributed by atoms with Crippen LogP contribution in [0.25, 0.3) is 0 Å². The van der Waals surface area contributed by atoms with Crippen LogP contribution in [0, 0.1) is 20.8 Å². The Hall–Kier alpha value is -2.62. The van der Waals surface area contributed by atoms with E-state index in [-0.39, 0.29) is 11.8 Å². The summed E-state index contributed by atoms with van der Waals surface area (Å²) in [4.78, 5) is 28.1. The molecule has 0 saturated heterocycles. The van der Waals surface area contributed by atoms with Crippen molar-refractivity contribution in [2.75, 3.05) is 6.54 Å². The second kappa shape index (κ2) is 11.5. The van der Waals surface area contributed by atoms with Crippen molar-refractivity contribution in [3.63, 3.8) is 0 Å². The van der Waals surface area contributed by atoms with Gasteiger partial charge in [0.2, 0.25) is 11.8 Å². The second-order valence-corrected chi connectivity index (χ2v) is 8.19. The maximum absolute atomic E-state index is 13.4. The first kappa shape index (κ1) is 23.7. The maximum atomic E-state index is 13.4. The summed E-state index contributed by atoms with van der Waals surface area (Å²) in [6, 6.07) is 13.8. The Bertz CT molecular complexity index is 840. The van der Waals surface area contributed by atoms with Crippen LogP contribution >= 0.6 is 0 Å². The smallest absolute Gasteiger partial charge is 0.242 e. The SMILES string of the molecule is CCCCNC(=O)C(CC)N(Cc1ccccc1C)C(=O)Cc1cc(C)cc(C)c1. The summed E-state index contributed by atoms with van der Waals surface area (Å²) in [7, 11) is 0. The number of nitrogens with one attached hydrogen (secondary N) is 1. The van der Waals surface area contributed by atoms with Crippen LogP contribution in [0.5, 0.6) is 0 Å². The molecule has 4 heteroatoms. The van der Waals surface area contributed by atoms with E-state index in [0.29, 0.717) is 25.9 Å². The molecule has 1 atom stereocenters. The number of carbonyl (C=O) groups excluding carboxylic acids is 2. The molecule has 162 valence electrons. The van der Waals surface area contributed by atoms with Crippen LogP contribution in [0.2, 0.25) is 0 Å². The van der Waals surface area contributed by atoms with Gasteiger partial charge in [-0.25, -0.2) is 0 Å². The second-order valence-electron chi connectivity index (χ2n) is 8.19. The molecule has 0 saturated carbocycles. The van der Waals surface area contributed by atoms with Gasteiger partial charge in [-0.1, -0.05) is 73.9 Å². The molecular weight excluding hydrogens is 372 g/mol. The Labute approximate surface area is 181 Å². The van der Waals surface area contributed by atoms with E-state index in [0.717, 1.165) is 40.7 Å². The fourth-order valence-electron chi connectivity index (χ4n) is 3.84. The van der Waals surface area contributed by atoms with Gasteiger partial charge in [0.1, 0.15) is 6.04 Å². The van der Waals surface area contributed by atoms with Crippen molar-refractivity contribution in [1.82, 2.24) is 10.2 Å². The van der Waals surface area contributed by atoms with Gasteiger partial charge in [-0.2, -0.15) is 0 Å². The lowest BCUT2D eigenvalue weighted by molar-refractivity contribution is -0.140. The molecule has 0 radical (unpaired) electrons. The molecule has 2 amide bonds. The first-order valence-corrected chi connectivity index (χ1v) is 11.0. The van der Waals surface area contributed by atoms with Gasteiger partial charge >= 0.3 is 0 Å². The van der Waals surface area contributed by atoms with Gasteiger partial charge in [0, 0.05) is 13.1 Å². The van der Waals surface area contributed by atoms with E-state index < -0.39 is 6.04 Å². The van der Waals surface area contributed by atoms with Crippen LogP contribution in [0.15, 0.2) is 42.5 Å². The zero-order valence-corrected chi connectivity index (χ0v) is 19.1. The highest BCUT2D eigenvalue weighted by molar-refractivity contribution is 5.88. The predicted molar refractivity (Wildman–Crippen MR) is 123 cm³/mol. The molecule has 0 fully saturated rings. The first-order chi connectivity index (χ1) is 14.3. The lowest BCUT2D eigenvalue weighted by atomic mass is 10.0. The van der Waals surface area contributed by atoms with Crippen molar-refractivity contribution in [1.29, 1.82) is 0 Å². The molecule has 0 spiro atoms. The maximum Gasteiger partial charge on any atom is 0.242 e. The van der Waals surface area contributed by atoms with Gasteiger partial charge in [-0.05, 0) is 50.3 Å². The highest BCUT2D eigenvalue weighted by Gasteiger charge is 2.28. The minimum atomic E-state index is -0.472. The van der Waals surface area contributed by atoms with Gasteiger partial charge in [0.25, 0.3) is 0 Å². The van der Waals surface area contributed by atoms with E-state index in [4.69, 9.17) is 0 Å². The fraction of sp³-hybridized carbons (Fsp3) is 0.462. The zero-order valence-electron chi connectivity index (χ0n) is 19.1. The Morgan fingerprint density at radius 2 is 1.67 bits per heavy atom. The molecule has 1 N–H and O–H groups in total. The minimum Gasteiger partial charge on any atom is -0.354 e. The molecule has 0 aromatic heterocycles. The van der Waals surface area contributed by atoms with Gasteiger partial charge in [-0.15, -0.1) is 0 Å². The third-order valence-corrected chi connectivity index (χ3v) is 5.45. The Morgan fingerprint density at radius 3 is 2.27 bits per heavy atom. The summed E-state index contributed by atoms with van der Waals surface area (Å²) < 4.78 is 0. The van der Waals surface area contributed by atoms with Crippen molar-refractivity contribution < 1.29 is 9.59 Å². The minimum absolute atomic E-state index is 0.0132. The summed E-state index contributed by atoms with van der Waals surface area (Å²) in [6.45, 7) is 11.3. The van der Waals surface area contributed by atoms with Gasteiger partial charge in [0.15, 0.2) is 0 Å². The number of nitrogens with zero attached hydrogens (tertiary/aromatic N) is 1. The third-order valence-electron chi connectivity index (χ3n) is 5.45. The number of unbranched alkanes of at least 4 members (excludes halogenated alkanes) is 1. The summed E-state index contributed by atoms with van der Waals surface area (Å²) in [5.74, 6) is -0.0750. The largest absolute Gasteiger partial charge is 0.354 e. The molecule has 2 aromatic rings. The Kier molecular flexibility index (Phi) is 9.10. The topological polar surface area (TPSA) is 49.4 Å². The van der Waals surface area contributed by atoms with Crippen LogP contribution in [0.4, 0.5) is 0 Å². The van der Waals surface area contributed by atoms with Crippen LogP contribution in [-0.2, 0) is 22.6 Å². The Balaban J connectivity index is 2.29. The molecule has 1 unspecified atom stereocenters. The molecule has 2 aromatic carbocycles. The van der Waals surface area contributed by atoms with Crippen LogP contribution in [0.1, 0.15) is 60.9 Å². The molecule has 0 aliphatic heterocycles. The quantitative estimate of drug-likeness (QED) is 0.570. The van der Waals surface area contributed by atoms with E-state index in [2.05, 4.69) is 30.4 Å². The summed E-state index contributed by atoms with van der Waals surface area (Å²) in [5.41, 5.74) is 5.49. The number of aryl methyl sites for hydroxylation is 3. The van der Waals surface area contributed by atoms with Crippen LogP contribution in [-0.4, -0.2) is 29.3 Å². The molecular formula is C26H36N2O2. The standard InChI is InChI=1S/C26H36N2O2/c1-6-8-13-27-26(30)24(7-2)28(18-23-12-10-9-11-21(23)5)25(29)17-22-15-19(3)14-20(4)16-22/h9-12,14-16,24H,6-8,13,17-18H2,1-5H3,(H,27,30). The number of rotatable bonds is 10. The molecule has 0 aliphatic rings. The molecule has 0 aliphatic carbocycles. The molecule has 0 heterocycles. The highest BCUT2D eigenvalue weighted by atomic mass is 16.2. The molecule has 30 heavy (non-hydrogen) atoms. The Morgan fingerprint density at radius 1 is 1.00 bits per heavy atom. The van der Waals surface area contributed by atoms with Crippen molar-refractivity contribution in [3.05, 3.63) is 70.3 Å². The lowest BCUT2D eigenvalue weighted by Gasteiger charge is -2.31.